The van der Waals surface area contributed by atoms with Crippen LogP contribution in [0.25, 0.3) is 10.9 Å². The summed E-state index contributed by atoms with van der Waals surface area (Å²) in [6.07, 6.45) is 1.51. The minimum Gasteiger partial charge on any atom is -0.464 e. The second-order valence-corrected chi connectivity index (χ2v) is 16.0. The lowest BCUT2D eigenvalue weighted by Crippen LogP contribution is -2.45. The first-order chi connectivity index (χ1) is 22.9. The summed E-state index contributed by atoms with van der Waals surface area (Å²) in [6, 6.07) is 12.3. The molecular formula is C40H57N3O6. The zero-order chi connectivity index (χ0) is 36.3. The van der Waals surface area contributed by atoms with E-state index < -0.39 is 29.7 Å². The number of hydrogen-bond acceptors (Lipinski definition) is 7. The van der Waals surface area contributed by atoms with E-state index >= 15 is 0 Å². The number of nitrogens with one attached hydrogen (secondary N) is 3. The van der Waals surface area contributed by atoms with Crippen LogP contribution in [0.4, 0.5) is 10.5 Å². The number of rotatable bonds is 12. The summed E-state index contributed by atoms with van der Waals surface area (Å²) in [5.41, 5.74) is 4.98. The van der Waals surface area contributed by atoms with Gasteiger partial charge < -0.3 is 29.8 Å². The second-order valence-electron chi connectivity index (χ2n) is 16.0. The topological polar surface area (TPSA) is 119 Å². The Labute approximate surface area is 292 Å². The van der Waals surface area contributed by atoms with E-state index in [9.17, 15) is 14.4 Å². The highest BCUT2D eigenvalue weighted by Gasteiger charge is 2.44. The summed E-state index contributed by atoms with van der Waals surface area (Å²) in [5.74, 6) is -0.561. The molecule has 0 saturated heterocycles. The van der Waals surface area contributed by atoms with Crippen molar-refractivity contribution in [1.82, 2.24) is 10.3 Å². The number of ether oxygens (including phenoxy) is 3. The second kappa shape index (κ2) is 14.9. The van der Waals surface area contributed by atoms with Crippen LogP contribution in [0.15, 0.2) is 42.5 Å². The van der Waals surface area contributed by atoms with Crippen molar-refractivity contribution in [2.75, 3.05) is 11.9 Å². The van der Waals surface area contributed by atoms with Gasteiger partial charge in [0.1, 0.15) is 24.3 Å². The Morgan fingerprint density at radius 1 is 0.939 bits per heavy atom. The molecule has 1 amide bonds. The third-order valence-electron chi connectivity index (χ3n) is 9.95. The minimum atomic E-state index is -0.972. The van der Waals surface area contributed by atoms with Crippen molar-refractivity contribution in [3.63, 3.8) is 0 Å². The van der Waals surface area contributed by atoms with Crippen molar-refractivity contribution in [3.8, 4) is 0 Å². The predicted molar refractivity (Wildman–Crippen MR) is 195 cm³/mol. The number of aromatic nitrogens is 1. The molecule has 1 heterocycles. The van der Waals surface area contributed by atoms with Gasteiger partial charge in [-0.05, 0) is 92.0 Å². The Balaban J connectivity index is 1.82. The van der Waals surface area contributed by atoms with Gasteiger partial charge in [0.05, 0.1) is 12.1 Å². The summed E-state index contributed by atoms with van der Waals surface area (Å²) in [6.45, 7) is 22.9. The lowest BCUT2D eigenvalue weighted by atomic mass is 9.58. The average Bonchev–Trinajstić information content (AvgIpc) is 3.43. The molecule has 2 aromatic carbocycles. The van der Waals surface area contributed by atoms with Crippen molar-refractivity contribution in [3.05, 3.63) is 64.8 Å². The molecule has 3 atom stereocenters. The molecule has 0 spiro atoms. The predicted octanol–water partition coefficient (Wildman–Crippen LogP) is 8.33. The molecule has 1 aromatic heterocycles. The maximum absolute atomic E-state index is 13.6. The van der Waals surface area contributed by atoms with Gasteiger partial charge in [0, 0.05) is 23.2 Å². The molecule has 3 aromatic rings. The van der Waals surface area contributed by atoms with Gasteiger partial charge in [-0.2, -0.15) is 0 Å². The first-order valence-corrected chi connectivity index (χ1v) is 17.7. The number of aromatic amines is 1. The van der Waals surface area contributed by atoms with E-state index in [0.717, 1.165) is 40.7 Å². The van der Waals surface area contributed by atoms with Crippen LogP contribution in [0.3, 0.4) is 0 Å². The Bertz CT molecular complexity index is 1630. The Morgan fingerprint density at radius 3 is 2.20 bits per heavy atom. The van der Waals surface area contributed by atoms with E-state index in [1.807, 2.05) is 50.2 Å². The normalized spacial score (nSPS) is 18.5. The summed E-state index contributed by atoms with van der Waals surface area (Å²) < 4.78 is 16.7. The maximum Gasteiger partial charge on any atom is 0.408 e. The van der Waals surface area contributed by atoms with Crippen LogP contribution in [0, 0.1) is 11.8 Å². The zero-order valence-corrected chi connectivity index (χ0v) is 31.3. The van der Waals surface area contributed by atoms with Crippen molar-refractivity contribution in [2.45, 2.75) is 131 Å². The van der Waals surface area contributed by atoms with Gasteiger partial charge >= 0.3 is 18.0 Å². The van der Waals surface area contributed by atoms with E-state index in [0.29, 0.717) is 5.92 Å². The van der Waals surface area contributed by atoms with E-state index in [4.69, 9.17) is 14.2 Å². The number of hydrogen-bond donors (Lipinski definition) is 3. The fourth-order valence-corrected chi connectivity index (χ4v) is 6.75. The molecule has 0 aliphatic heterocycles. The smallest absolute Gasteiger partial charge is 0.408 e. The third kappa shape index (κ3) is 8.78. The highest BCUT2D eigenvalue weighted by Crippen LogP contribution is 2.53. The number of carbonyl (C=O) groups is 3. The summed E-state index contributed by atoms with van der Waals surface area (Å²) in [7, 11) is 0. The molecule has 9 heteroatoms. The SMILES string of the molecule is CCOC(=O)C(Cc1cc2c(N[C@H](C(=O)OCc3ccccc3)C(C)C)cc3c(c2[nH]1)C(C)(C)CCC3(C)C(C)C)NC(=O)OC(C)(C)C. The molecule has 0 saturated carbocycles. The van der Waals surface area contributed by atoms with Gasteiger partial charge in [0.2, 0.25) is 0 Å². The molecule has 1 aliphatic rings. The Hall–Kier alpha value is -4.01. The number of esters is 2. The van der Waals surface area contributed by atoms with Crippen LogP contribution in [-0.4, -0.2) is 47.3 Å². The largest absolute Gasteiger partial charge is 0.464 e. The summed E-state index contributed by atoms with van der Waals surface area (Å²) in [4.78, 5) is 43.2. The molecule has 2 unspecified atom stereocenters. The van der Waals surface area contributed by atoms with Crippen molar-refractivity contribution >= 4 is 34.6 Å². The van der Waals surface area contributed by atoms with Gasteiger partial charge in [-0.3, -0.25) is 0 Å². The van der Waals surface area contributed by atoms with E-state index in [2.05, 4.69) is 56.3 Å². The molecule has 1 aliphatic carbocycles. The first-order valence-electron chi connectivity index (χ1n) is 17.7. The van der Waals surface area contributed by atoms with Crippen LogP contribution in [-0.2, 0) is 47.7 Å². The van der Waals surface area contributed by atoms with Crippen LogP contribution in [0.2, 0.25) is 0 Å². The number of alkyl carbamates (subject to hydrolysis) is 1. The highest BCUT2D eigenvalue weighted by molar-refractivity contribution is 5.98. The van der Waals surface area contributed by atoms with Gasteiger partial charge in [0.15, 0.2) is 0 Å². The van der Waals surface area contributed by atoms with Gasteiger partial charge in [0.25, 0.3) is 0 Å². The molecular weight excluding hydrogens is 618 g/mol. The molecule has 3 N–H and O–H groups in total. The number of fused-ring (bicyclic) bond motifs is 3. The zero-order valence-electron chi connectivity index (χ0n) is 31.3. The first kappa shape index (κ1) is 37.8. The van der Waals surface area contributed by atoms with Crippen molar-refractivity contribution < 1.29 is 28.6 Å². The quantitative estimate of drug-likeness (QED) is 0.130. The molecule has 0 bridgehead atoms. The van der Waals surface area contributed by atoms with Crippen molar-refractivity contribution in [2.24, 2.45) is 11.8 Å². The van der Waals surface area contributed by atoms with Crippen LogP contribution in [0.5, 0.6) is 0 Å². The van der Waals surface area contributed by atoms with Gasteiger partial charge in [-0.25, -0.2) is 14.4 Å². The molecule has 49 heavy (non-hydrogen) atoms. The molecule has 268 valence electrons. The lowest BCUT2D eigenvalue weighted by Gasteiger charge is -2.46. The third-order valence-corrected chi connectivity index (χ3v) is 9.95. The Morgan fingerprint density at radius 2 is 1.61 bits per heavy atom. The highest BCUT2D eigenvalue weighted by atomic mass is 16.6. The van der Waals surface area contributed by atoms with E-state index in [1.54, 1.807) is 27.7 Å². The lowest BCUT2D eigenvalue weighted by molar-refractivity contribution is -0.147. The maximum atomic E-state index is 13.6. The van der Waals surface area contributed by atoms with Crippen LogP contribution >= 0.6 is 0 Å². The minimum absolute atomic E-state index is 0.0630. The van der Waals surface area contributed by atoms with Gasteiger partial charge in [-0.15, -0.1) is 0 Å². The molecule has 9 nitrogen and oxygen atoms in total. The fraction of sp³-hybridized carbons (Fsp3) is 0.575. The average molecular weight is 676 g/mol. The van der Waals surface area contributed by atoms with Crippen LogP contribution < -0.4 is 10.6 Å². The van der Waals surface area contributed by atoms with Crippen LogP contribution in [0.1, 0.15) is 111 Å². The van der Waals surface area contributed by atoms with Crippen molar-refractivity contribution in [1.29, 1.82) is 0 Å². The number of anilines is 1. The standard InChI is InChI=1S/C40H57N3O6/c1-12-47-35(44)31(43-37(46)49-38(6,7)8)21-27-20-28-30(42-33(24(2)3)36(45)48-23-26-16-14-13-15-17-26)22-29-32(34(28)41-27)39(9,10)18-19-40(29,11)25(4)5/h13-17,20,22,24-25,31,33,41-42H,12,18-19,21,23H2,1-11H3,(H,43,46)/t31?,33-,40?/m0/s1. The molecule has 0 radical (unpaired) electrons. The fourth-order valence-electron chi connectivity index (χ4n) is 6.75. The van der Waals surface area contributed by atoms with E-state index in [1.165, 1.54) is 11.1 Å². The summed E-state index contributed by atoms with van der Waals surface area (Å²) in [5, 5.41) is 7.25. The number of H-pyrrole nitrogens is 1. The number of amides is 1. The summed E-state index contributed by atoms with van der Waals surface area (Å²) >= 11 is 0. The molecule has 4 rings (SSSR count). The van der Waals surface area contributed by atoms with E-state index in [-0.39, 0.29) is 42.4 Å². The number of benzene rings is 2. The molecule has 0 fully saturated rings. The van der Waals surface area contributed by atoms with Gasteiger partial charge in [-0.1, -0.05) is 78.8 Å². The monoisotopic (exact) mass is 675 g/mol. The Kier molecular flexibility index (Phi) is 11.5. The number of carbonyl (C=O) groups excluding carboxylic acids is 3.